The van der Waals surface area contributed by atoms with Gasteiger partial charge in [-0.3, -0.25) is 14.5 Å². The van der Waals surface area contributed by atoms with Crippen LogP contribution in [-0.2, 0) is 16.1 Å². The fraction of sp³-hybridized carbons (Fsp3) is 0.385. The van der Waals surface area contributed by atoms with Gasteiger partial charge in [-0.15, -0.1) is 0 Å². The summed E-state index contributed by atoms with van der Waals surface area (Å²) in [5, 5.41) is 11.5. The highest BCUT2D eigenvalue weighted by Gasteiger charge is 2.31. The van der Waals surface area contributed by atoms with Gasteiger partial charge in [-0.1, -0.05) is 15.9 Å². The second-order valence-corrected chi connectivity index (χ2v) is 5.53. The molecule has 2 N–H and O–H groups in total. The molecule has 1 aliphatic heterocycles. The van der Waals surface area contributed by atoms with Crippen molar-refractivity contribution in [3.8, 4) is 0 Å². The summed E-state index contributed by atoms with van der Waals surface area (Å²) in [5.74, 6) is -1.74. The average molecular weight is 345 g/mol. The average Bonchev–Trinajstić information content (AvgIpc) is 2.37. The monoisotopic (exact) mass is 344 g/mol. The lowest BCUT2D eigenvalue weighted by Gasteiger charge is -2.34. The molecule has 0 saturated carbocycles. The first-order chi connectivity index (χ1) is 9.47. The van der Waals surface area contributed by atoms with Gasteiger partial charge in [-0.05, 0) is 18.2 Å². The second-order valence-electron chi connectivity index (χ2n) is 4.61. The Morgan fingerprint density at radius 2 is 2.30 bits per heavy atom. The Balaban J connectivity index is 2.18. The van der Waals surface area contributed by atoms with Gasteiger partial charge in [-0.2, -0.15) is 0 Å². The van der Waals surface area contributed by atoms with E-state index in [0.717, 1.165) is 4.47 Å². The van der Waals surface area contributed by atoms with Crippen LogP contribution in [-0.4, -0.2) is 41.0 Å². The molecule has 2 rings (SSSR count). The molecular formula is C13H14BrFN2O3. The van der Waals surface area contributed by atoms with Crippen LogP contribution in [0.5, 0.6) is 0 Å². The Labute approximate surface area is 123 Å². The fourth-order valence-electron chi connectivity index (χ4n) is 2.22. The number of benzene rings is 1. The maximum atomic E-state index is 13.7. The van der Waals surface area contributed by atoms with Crippen molar-refractivity contribution >= 4 is 27.8 Å². The molecule has 0 bridgehead atoms. The topological polar surface area (TPSA) is 69.6 Å². The van der Waals surface area contributed by atoms with Crippen LogP contribution in [0.2, 0.25) is 0 Å². The minimum atomic E-state index is -1.05. The summed E-state index contributed by atoms with van der Waals surface area (Å²) in [6.45, 7) is 1.14. The third-order valence-corrected chi connectivity index (χ3v) is 3.68. The molecule has 1 amide bonds. The van der Waals surface area contributed by atoms with Crippen molar-refractivity contribution in [1.82, 2.24) is 10.2 Å². The summed E-state index contributed by atoms with van der Waals surface area (Å²) < 4.78 is 14.5. The van der Waals surface area contributed by atoms with Crippen LogP contribution in [0.15, 0.2) is 22.7 Å². The van der Waals surface area contributed by atoms with Crippen LogP contribution in [0, 0.1) is 5.82 Å². The van der Waals surface area contributed by atoms with E-state index in [1.165, 1.54) is 6.07 Å². The van der Waals surface area contributed by atoms with Gasteiger partial charge in [0.05, 0.1) is 6.42 Å². The van der Waals surface area contributed by atoms with Gasteiger partial charge >= 0.3 is 5.97 Å². The van der Waals surface area contributed by atoms with Crippen molar-refractivity contribution in [1.29, 1.82) is 0 Å². The number of carbonyl (C=O) groups excluding carboxylic acids is 1. The van der Waals surface area contributed by atoms with Crippen molar-refractivity contribution in [2.24, 2.45) is 0 Å². The summed E-state index contributed by atoms with van der Waals surface area (Å²) in [6, 6.07) is 3.81. The lowest BCUT2D eigenvalue weighted by atomic mass is 10.1. The first-order valence-electron chi connectivity index (χ1n) is 6.15. The minimum Gasteiger partial charge on any atom is -0.481 e. The molecule has 0 aromatic heterocycles. The van der Waals surface area contributed by atoms with Gasteiger partial charge < -0.3 is 10.4 Å². The van der Waals surface area contributed by atoms with E-state index in [1.807, 2.05) is 0 Å². The molecule has 20 heavy (non-hydrogen) atoms. The predicted octanol–water partition coefficient (Wildman–Crippen LogP) is 1.36. The van der Waals surface area contributed by atoms with E-state index in [1.54, 1.807) is 17.0 Å². The maximum Gasteiger partial charge on any atom is 0.305 e. The molecule has 108 valence electrons. The van der Waals surface area contributed by atoms with E-state index < -0.39 is 12.0 Å². The Kier molecular flexibility index (Phi) is 4.72. The van der Waals surface area contributed by atoms with E-state index in [9.17, 15) is 14.0 Å². The van der Waals surface area contributed by atoms with Crippen LogP contribution >= 0.6 is 15.9 Å². The SMILES string of the molecule is O=C(O)CC1C(=O)NCCN1Cc1cc(Br)ccc1F. The zero-order valence-corrected chi connectivity index (χ0v) is 12.2. The standard InChI is InChI=1S/C13H14BrFN2O3/c14-9-1-2-10(15)8(5-9)7-17-4-3-16-13(20)11(17)6-12(18)19/h1-2,5,11H,3-4,6-7H2,(H,16,20)(H,18,19). The molecule has 1 saturated heterocycles. The van der Waals surface area contributed by atoms with E-state index in [-0.39, 0.29) is 24.7 Å². The minimum absolute atomic E-state index is 0.205. The molecule has 1 aromatic carbocycles. The number of hydrogen-bond acceptors (Lipinski definition) is 3. The summed E-state index contributed by atoms with van der Waals surface area (Å²) in [6.07, 6.45) is -0.290. The van der Waals surface area contributed by atoms with E-state index in [0.29, 0.717) is 18.7 Å². The zero-order valence-electron chi connectivity index (χ0n) is 10.6. The van der Waals surface area contributed by atoms with Gasteiger partial charge in [0, 0.05) is 29.7 Å². The second kappa shape index (κ2) is 6.32. The highest BCUT2D eigenvalue weighted by molar-refractivity contribution is 9.10. The number of rotatable bonds is 4. The number of carboxylic acids is 1. The lowest BCUT2D eigenvalue weighted by molar-refractivity contribution is -0.143. The van der Waals surface area contributed by atoms with Crippen molar-refractivity contribution in [3.05, 3.63) is 34.1 Å². The van der Waals surface area contributed by atoms with Crippen LogP contribution in [0.4, 0.5) is 4.39 Å². The largest absolute Gasteiger partial charge is 0.481 e. The molecule has 1 atom stereocenters. The number of piperazine rings is 1. The van der Waals surface area contributed by atoms with Crippen molar-refractivity contribution in [3.63, 3.8) is 0 Å². The third kappa shape index (κ3) is 3.55. The number of nitrogens with one attached hydrogen (secondary N) is 1. The van der Waals surface area contributed by atoms with Crippen molar-refractivity contribution in [2.45, 2.75) is 19.0 Å². The summed E-state index contributed by atoms with van der Waals surface area (Å²) in [7, 11) is 0. The number of nitrogens with zero attached hydrogens (tertiary/aromatic N) is 1. The number of carbonyl (C=O) groups is 2. The number of carboxylic acid groups (broad SMARTS) is 1. The van der Waals surface area contributed by atoms with Crippen molar-refractivity contribution < 1.29 is 19.1 Å². The zero-order chi connectivity index (χ0) is 14.7. The number of aliphatic carboxylic acids is 1. The maximum absolute atomic E-state index is 13.7. The molecule has 0 radical (unpaired) electrons. The first-order valence-corrected chi connectivity index (χ1v) is 6.94. The van der Waals surface area contributed by atoms with Crippen LogP contribution in [0.1, 0.15) is 12.0 Å². The van der Waals surface area contributed by atoms with Gasteiger partial charge in [0.15, 0.2) is 0 Å². The van der Waals surface area contributed by atoms with Crippen LogP contribution < -0.4 is 5.32 Å². The Morgan fingerprint density at radius 3 is 3.00 bits per heavy atom. The normalized spacial score (nSPS) is 19.7. The van der Waals surface area contributed by atoms with Crippen molar-refractivity contribution in [2.75, 3.05) is 13.1 Å². The van der Waals surface area contributed by atoms with Crippen LogP contribution in [0.25, 0.3) is 0 Å². The summed E-state index contributed by atoms with van der Waals surface area (Å²) in [4.78, 5) is 24.3. The number of halogens is 2. The van der Waals surface area contributed by atoms with E-state index in [2.05, 4.69) is 21.2 Å². The number of hydrogen-bond donors (Lipinski definition) is 2. The highest BCUT2D eigenvalue weighted by atomic mass is 79.9. The lowest BCUT2D eigenvalue weighted by Crippen LogP contribution is -2.55. The quantitative estimate of drug-likeness (QED) is 0.865. The van der Waals surface area contributed by atoms with E-state index >= 15 is 0 Å². The molecule has 5 nitrogen and oxygen atoms in total. The smallest absolute Gasteiger partial charge is 0.305 e. The Bertz CT molecular complexity index is 538. The fourth-order valence-corrected chi connectivity index (χ4v) is 2.63. The number of amides is 1. The van der Waals surface area contributed by atoms with E-state index in [4.69, 9.17) is 5.11 Å². The van der Waals surface area contributed by atoms with Gasteiger partial charge in [-0.25, -0.2) is 4.39 Å². The Hall–Kier alpha value is -1.47. The molecule has 1 heterocycles. The molecule has 1 aromatic rings. The molecule has 0 spiro atoms. The summed E-state index contributed by atoms with van der Waals surface area (Å²) >= 11 is 3.27. The van der Waals surface area contributed by atoms with Gasteiger partial charge in [0.25, 0.3) is 0 Å². The molecular weight excluding hydrogens is 331 g/mol. The molecule has 7 heteroatoms. The molecule has 1 aliphatic rings. The Morgan fingerprint density at radius 1 is 1.55 bits per heavy atom. The molecule has 1 unspecified atom stereocenters. The molecule has 0 aliphatic carbocycles. The van der Waals surface area contributed by atoms with Gasteiger partial charge in [0.2, 0.25) is 5.91 Å². The highest BCUT2D eigenvalue weighted by Crippen LogP contribution is 2.20. The first kappa shape index (κ1) is 14.9. The van der Waals surface area contributed by atoms with Crippen LogP contribution in [0.3, 0.4) is 0 Å². The third-order valence-electron chi connectivity index (χ3n) is 3.19. The molecule has 1 fully saturated rings. The van der Waals surface area contributed by atoms with Gasteiger partial charge in [0.1, 0.15) is 11.9 Å². The predicted molar refractivity (Wildman–Crippen MR) is 73.6 cm³/mol. The summed E-state index contributed by atoms with van der Waals surface area (Å²) in [5.41, 5.74) is 0.435.